The van der Waals surface area contributed by atoms with Crippen molar-refractivity contribution in [2.45, 2.75) is 20.4 Å². The average Bonchev–Trinajstić information content (AvgIpc) is 2.49. The van der Waals surface area contributed by atoms with Gasteiger partial charge in [-0.3, -0.25) is 4.79 Å². The zero-order chi connectivity index (χ0) is 16.1. The number of nitrogens with one attached hydrogen (secondary N) is 2. The van der Waals surface area contributed by atoms with Crippen molar-refractivity contribution in [2.24, 2.45) is 5.92 Å². The fourth-order valence-electron chi connectivity index (χ4n) is 1.81. The highest BCUT2D eigenvalue weighted by Crippen LogP contribution is 2.23. The number of carbonyl (C=O) groups excluding carboxylic acids is 1. The van der Waals surface area contributed by atoms with Gasteiger partial charge in [0.1, 0.15) is 0 Å². The Balaban J connectivity index is 1.93. The maximum Gasteiger partial charge on any atom is 0.226 e. The van der Waals surface area contributed by atoms with E-state index in [1.807, 2.05) is 50.2 Å². The predicted octanol–water partition coefficient (Wildman–Crippen LogP) is 5.20. The number of anilines is 2. The number of benzene rings is 2. The Labute approximate surface area is 140 Å². The predicted molar refractivity (Wildman–Crippen MR) is 93.7 cm³/mol. The van der Waals surface area contributed by atoms with Crippen LogP contribution >= 0.6 is 23.2 Å². The molecule has 0 bridgehead atoms. The van der Waals surface area contributed by atoms with E-state index in [1.165, 1.54) is 0 Å². The normalized spacial score (nSPS) is 10.6. The van der Waals surface area contributed by atoms with Crippen molar-refractivity contribution in [2.75, 3.05) is 10.6 Å². The first-order chi connectivity index (χ1) is 10.5. The molecule has 1 amide bonds. The average molecular weight is 337 g/mol. The summed E-state index contributed by atoms with van der Waals surface area (Å²) in [5.41, 5.74) is 2.80. The lowest BCUT2D eigenvalue weighted by atomic mass is 10.2. The Morgan fingerprint density at radius 1 is 1.00 bits per heavy atom. The van der Waals surface area contributed by atoms with Gasteiger partial charge in [0.05, 0.1) is 10.0 Å². The summed E-state index contributed by atoms with van der Waals surface area (Å²) in [6, 6.07) is 13.1. The summed E-state index contributed by atoms with van der Waals surface area (Å²) in [4.78, 5) is 11.6. The first-order valence-electron chi connectivity index (χ1n) is 7.04. The summed E-state index contributed by atoms with van der Waals surface area (Å²) in [6.07, 6.45) is 0. The second kappa shape index (κ2) is 7.52. The van der Waals surface area contributed by atoms with Crippen molar-refractivity contribution in [3.05, 3.63) is 58.1 Å². The molecular formula is C17H18Cl2N2O. The van der Waals surface area contributed by atoms with E-state index < -0.39 is 0 Å². The van der Waals surface area contributed by atoms with Crippen molar-refractivity contribution in [3.63, 3.8) is 0 Å². The molecule has 0 saturated carbocycles. The van der Waals surface area contributed by atoms with Crippen molar-refractivity contribution in [1.82, 2.24) is 0 Å². The van der Waals surface area contributed by atoms with Crippen molar-refractivity contribution in [1.29, 1.82) is 0 Å². The van der Waals surface area contributed by atoms with Crippen LogP contribution in [0.1, 0.15) is 19.4 Å². The molecular weight excluding hydrogens is 319 g/mol. The van der Waals surface area contributed by atoms with Crippen molar-refractivity contribution in [3.8, 4) is 0 Å². The van der Waals surface area contributed by atoms with Gasteiger partial charge in [-0.1, -0.05) is 43.1 Å². The van der Waals surface area contributed by atoms with E-state index in [4.69, 9.17) is 23.2 Å². The molecule has 0 aliphatic rings. The van der Waals surface area contributed by atoms with Gasteiger partial charge in [-0.2, -0.15) is 0 Å². The number of carbonyl (C=O) groups is 1. The summed E-state index contributed by atoms with van der Waals surface area (Å²) in [6.45, 7) is 4.37. The van der Waals surface area contributed by atoms with Gasteiger partial charge in [0.15, 0.2) is 0 Å². The molecule has 0 fully saturated rings. The molecule has 22 heavy (non-hydrogen) atoms. The van der Waals surface area contributed by atoms with Crippen LogP contribution in [0.4, 0.5) is 11.4 Å². The van der Waals surface area contributed by atoms with Crippen LogP contribution in [-0.2, 0) is 11.3 Å². The highest BCUT2D eigenvalue weighted by Gasteiger charge is 2.06. The third-order valence-electron chi connectivity index (χ3n) is 3.16. The van der Waals surface area contributed by atoms with Crippen molar-refractivity contribution < 1.29 is 4.79 Å². The minimum Gasteiger partial charge on any atom is -0.381 e. The second-order valence-corrected chi connectivity index (χ2v) is 6.14. The maximum atomic E-state index is 11.6. The first kappa shape index (κ1) is 16.7. The third-order valence-corrected chi connectivity index (χ3v) is 3.90. The van der Waals surface area contributed by atoms with Crippen LogP contribution in [0.15, 0.2) is 42.5 Å². The van der Waals surface area contributed by atoms with Crippen LogP contribution < -0.4 is 10.6 Å². The molecule has 0 atom stereocenters. The number of hydrogen-bond acceptors (Lipinski definition) is 2. The summed E-state index contributed by atoms with van der Waals surface area (Å²) >= 11 is 11.9. The van der Waals surface area contributed by atoms with E-state index in [-0.39, 0.29) is 11.8 Å². The van der Waals surface area contributed by atoms with Crippen LogP contribution in [0.3, 0.4) is 0 Å². The monoisotopic (exact) mass is 336 g/mol. The lowest BCUT2D eigenvalue weighted by Gasteiger charge is -2.10. The SMILES string of the molecule is CC(C)C(=O)Nc1ccc(NCc2ccc(Cl)c(Cl)c2)cc1. The van der Waals surface area contributed by atoms with Crippen LogP contribution in [-0.4, -0.2) is 5.91 Å². The molecule has 0 aliphatic carbocycles. The Morgan fingerprint density at radius 3 is 2.23 bits per heavy atom. The van der Waals surface area contributed by atoms with Gasteiger partial charge in [-0.05, 0) is 42.0 Å². The van der Waals surface area contributed by atoms with Crippen LogP contribution in [0.25, 0.3) is 0 Å². The standard InChI is InChI=1S/C17H18Cl2N2O/c1-11(2)17(22)21-14-6-4-13(5-7-14)20-10-12-3-8-15(18)16(19)9-12/h3-9,11,20H,10H2,1-2H3,(H,21,22). The molecule has 0 aromatic heterocycles. The number of amides is 1. The van der Waals surface area contributed by atoms with Crippen LogP contribution in [0.2, 0.25) is 10.0 Å². The lowest BCUT2D eigenvalue weighted by Crippen LogP contribution is -2.17. The Bertz CT molecular complexity index is 654. The third kappa shape index (κ3) is 4.65. The Kier molecular flexibility index (Phi) is 5.69. The zero-order valence-electron chi connectivity index (χ0n) is 12.5. The van der Waals surface area contributed by atoms with E-state index in [9.17, 15) is 4.79 Å². The van der Waals surface area contributed by atoms with E-state index >= 15 is 0 Å². The first-order valence-corrected chi connectivity index (χ1v) is 7.80. The lowest BCUT2D eigenvalue weighted by molar-refractivity contribution is -0.118. The van der Waals surface area contributed by atoms with Gasteiger partial charge in [-0.15, -0.1) is 0 Å². The number of hydrogen-bond donors (Lipinski definition) is 2. The molecule has 2 N–H and O–H groups in total. The van der Waals surface area contributed by atoms with Gasteiger partial charge < -0.3 is 10.6 Å². The quantitative estimate of drug-likeness (QED) is 0.787. The van der Waals surface area contributed by atoms with Gasteiger partial charge >= 0.3 is 0 Å². The summed E-state index contributed by atoms with van der Waals surface area (Å²) in [7, 11) is 0. The minimum absolute atomic E-state index is 0.0107. The smallest absolute Gasteiger partial charge is 0.226 e. The maximum absolute atomic E-state index is 11.6. The molecule has 0 aliphatic heterocycles. The fourth-order valence-corrected chi connectivity index (χ4v) is 2.13. The van der Waals surface area contributed by atoms with Crippen LogP contribution in [0.5, 0.6) is 0 Å². The molecule has 2 aromatic rings. The van der Waals surface area contributed by atoms with Gasteiger partial charge in [-0.25, -0.2) is 0 Å². The minimum atomic E-state index is -0.0348. The number of halogens is 2. The number of rotatable bonds is 5. The van der Waals surface area contributed by atoms with Crippen molar-refractivity contribution >= 4 is 40.5 Å². The van der Waals surface area contributed by atoms with E-state index in [0.717, 1.165) is 16.9 Å². The second-order valence-electron chi connectivity index (χ2n) is 5.32. The molecule has 0 saturated heterocycles. The molecule has 5 heteroatoms. The molecule has 2 rings (SSSR count). The largest absolute Gasteiger partial charge is 0.381 e. The van der Waals surface area contributed by atoms with E-state index in [0.29, 0.717) is 16.6 Å². The molecule has 0 spiro atoms. The van der Waals surface area contributed by atoms with Gasteiger partial charge in [0.25, 0.3) is 0 Å². The Morgan fingerprint density at radius 2 is 1.64 bits per heavy atom. The molecule has 0 radical (unpaired) electrons. The highest BCUT2D eigenvalue weighted by molar-refractivity contribution is 6.42. The van der Waals surface area contributed by atoms with Gasteiger partial charge in [0, 0.05) is 23.8 Å². The molecule has 2 aromatic carbocycles. The van der Waals surface area contributed by atoms with E-state index in [1.54, 1.807) is 6.07 Å². The molecule has 116 valence electrons. The fraction of sp³-hybridized carbons (Fsp3) is 0.235. The summed E-state index contributed by atoms with van der Waals surface area (Å²) in [5, 5.41) is 7.25. The summed E-state index contributed by atoms with van der Waals surface area (Å²) in [5.74, 6) is -0.0241. The Hall–Kier alpha value is -1.71. The van der Waals surface area contributed by atoms with E-state index in [2.05, 4.69) is 10.6 Å². The topological polar surface area (TPSA) is 41.1 Å². The molecule has 0 unspecified atom stereocenters. The van der Waals surface area contributed by atoms with Crippen LogP contribution in [0, 0.1) is 5.92 Å². The van der Waals surface area contributed by atoms with Gasteiger partial charge in [0.2, 0.25) is 5.91 Å². The summed E-state index contributed by atoms with van der Waals surface area (Å²) < 4.78 is 0. The zero-order valence-corrected chi connectivity index (χ0v) is 14.0. The highest BCUT2D eigenvalue weighted by atomic mass is 35.5. The molecule has 0 heterocycles. The molecule has 3 nitrogen and oxygen atoms in total.